The van der Waals surface area contributed by atoms with Crippen LogP contribution in [0.15, 0.2) is 48.5 Å². The van der Waals surface area contributed by atoms with Crippen molar-refractivity contribution in [2.24, 2.45) is 0 Å². The van der Waals surface area contributed by atoms with Gasteiger partial charge in [0, 0.05) is 27.0 Å². The molecule has 140 valence electrons. The van der Waals surface area contributed by atoms with Crippen LogP contribution in [0.2, 0.25) is 10.0 Å². The molecule has 3 nitrogen and oxygen atoms in total. The lowest BCUT2D eigenvalue weighted by atomic mass is 9.97. The summed E-state index contributed by atoms with van der Waals surface area (Å²) >= 11 is 13.5. The fraction of sp³-hybridized carbons (Fsp3) is 0.190. The smallest absolute Gasteiger partial charge is 0.254 e. The number of thiophene rings is 1. The molecule has 0 atom stereocenters. The SMILES string of the molecule is CCCCNC(=O)c1c(N)sc(-c2ccc(Cl)cc2)c1-c1ccc(Cl)cc1. The minimum Gasteiger partial charge on any atom is -0.390 e. The summed E-state index contributed by atoms with van der Waals surface area (Å²) < 4.78 is 0. The van der Waals surface area contributed by atoms with Crippen molar-refractivity contribution in [3.63, 3.8) is 0 Å². The van der Waals surface area contributed by atoms with Crippen molar-refractivity contribution in [3.05, 3.63) is 64.1 Å². The third kappa shape index (κ3) is 4.46. The molecule has 0 spiro atoms. The molecule has 27 heavy (non-hydrogen) atoms. The van der Waals surface area contributed by atoms with Gasteiger partial charge in [0.25, 0.3) is 5.91 Å². The van der Waals surface area contributed by atoms with Gasteiger partial charge in [-0.1, -0.05) is 60.8 Å². The molecule has 0 aliphatic heterocycles. The summed E-state index contributed by atoms with van der Waals surface area (Å²) in [5.74, 6) is -0.151. The van der Waals surface area contributed by atoms with E-state index in [9.17, 15) is 4.79 Å². The number of hydrogen-bond donors (Lipinski definition) is 2. The second kappa shape index (κ2) is 8.79. The van der Waals surface area contributed by atoms with Gasteiger partial charge in [-0.3, -0.25) is 4.79 Å². The largest absolute Gasteiger partial charge is 0.390 e. The molecule has 1 heterocycles. The number of unbranched alkanes of at least 4 members (excludes halogenated alkanes) is 1. The van der Waals surface area contributed by atoms with Crippen LogP contribution in [0.25, 0.3) is 21.6 Å². The molecule has 0 aliphatic carbocycles. The van der Waals surface area contributed by atoms with E-state index in [2.05, 4.69) is 12.2 Å². The number of nitrogens with one attached hydrogen (secondary N) is 1. The summed E-state index contributed by atoms with van der Waals surface area (Å²) in [4.78, 5) is 13.8. The normalized spacial score (nSPS) is 10.8. The standard InChI is InChI=1S/C21H20Cl2N2OS/c1-2-3-12-25-21(26)18-17(13-4-8-15(22)9-5-13)19(27-20(18)24)14-6-10-16(23)11-7-14/h4-11H,2-3,12,24H2,1H3,(H,25,26). The Morgan fingerprint density at radius 2 is 1.56 bits per heavy atom. The van der Waals surface area contributed by atoms with E-state index in [0.29, 0.717) is 27.2 Å². The number of nitrogen functional groups attached to an aromatic ring is 1. The molecular formula is C21H20Cl2N2OS. The first-order chi connectivity index (χ1) is 13.0. The second-order valence-electron chi connectivity index (χ2n) is 6.17. The van der Waals surface area contributed by atoms with Crippen molar-refractivity contribution >= 4 is 45.4 Å². The monoisotopic (exact) mass is 418 g/mol. The Kier molecular flexibility index (Phi) is 6.42. The van der Waals surface area contributed by atoms with Gasteiger partial charge in [-0.25, -0.2) is 0 Å². The number of nitrogens with two attached hydrogens (primary N) is 1. The summed E-state index contributed by atoms with van der Waals surface area (Å²) in [5.41, 5.74) is 9.50. The Morgan fingerprint density at radius 3 is 2.11 bits per heavy atom. The Balaban J connectivity index is 2.13. The second-order valence-corrected chi connectivity index (χ2v) is 8.09. The summed E-state index contributed by atoms with van der Waals surface area (Å²) in [7, 11) is 0. The molecule has 3 N–H and O–H groups in total. The van der Waals surface area contributed by atoms with Crippen LogP contribution in [-0.2, 0) is 0 Å². The first-order valence-corrected chi connectivity index (χ1v) is 10.3. The van der Waals surface area contributed by atoms with E-state index in [-0.39, 0.29) is 5.91 Å². The summed E-state index contributed by atoms with van der Waals surface area (Å²) in [6.45, 7) is 2.71. The number of amides is 1. The highest BCUT2D eigenvalue weighted by molar-refractivity contribution is 7.20. The molecule has 0 bridgehead atoms. The molecule has 0 aliphatic rings. The zero-order valence-corrected chi connectivity index (χ0v) is 17.2. The first kappa shape index (κ1) is 19.7. The number of halogens is 2. The van der Waals surface area contributed by atoms with Crippen LogP contribution >= 0.6 is 34.5 Å². The highest BCUT2D eigenvalue weighted by Gasteiger charge is 2.24. The van der Waals surface area contributed by atoms with Crippen LogP contribution in [0.5, 0.6) is 0 Å². The van der Waals surface area contributed by atoms with Gasteiger partial charge in [-0.05, 0) is 41.8 Å². The first-order valence-electron chi connectivity index (χ1n) is 8.73. The van der Waals surface area contributed by atoms with Crippen LogP contribution in [0.1, 0.15) is 30.1 Å². The van der Waals surface area contributed by atoms with Crippen molar-refractivity contribution in [3.8, 4) is 21.6 Å². The zero-order chi connectivity index (χ0) is 19.4. The van der Waals surface area contributed by atoms with Crippen molar-refractivity contribution < 1.29 is 4.79 Å². The van der Waals surface area contributed by atoms with Gasteiger partial charge in [0.1, 0.15) is 0 Å². The van der Waals surface area contributed by atoms with Gasteiger partial charge in [-0.15, -0.1) is 11.3 Å². The van der Waals surface area contributed by atoms with E-state index in [4.69, 9.17) is 28.9 Å². The van der Waals surface area contributed by atoms with Gasteiger partial charge < -0.3 is 11.1 Å². The van der Waals surface area contributed by atoms with E-state index in [1.807, 2.05) is 48.5 Å². The van der Waals surface area contributed by atoms with E-state index in [0.717, 1.165) is 34.4 Å². The molecule has 1 amide bonds. The van der Waals surface area contributed by atoms with Crippen LogP contribution in [0, 0.1) is 0 Å². The predicted molar refractivity (Wildman–Crippen MR) is 117 cm³/mol. The number of anilines is 1. The topological polar surface area (TPSA) is 55.1 Å². The third-order valence-electron chi connectivity index (χ3n) is 4.22. The molecule has 0 fully saturated rings. The van der Waals surface area contributed by atoms with Gasteiger partial charge in [0.2, 0.25) is 0 Å². The quantitative estimate of drug-likeness (QED) is 0.448. The molecule has 0 radical (unpaired) electrons. The third-order valence-corrected chi connectivity index (χ3v) is 5.79. The minimum atomic E-state index is -0.151. The predicted octanol–water partition coefficient (Wildman–Crippen LogP) is 6.50. The van der Waals surface area contributed by atoms with Crippen LogP contribution in [-0.4, -0.2) is 12.5 Å². The average Bonchev–Trinajstić information content (AvgIpc) is 3.00. The number of carbonyl (C=O) groups is 1. The van der Waals surface area contributed by atoms with E-state index in [1.54, 1.807) is 0 Å². The molecule has 0 unspecified atom stereocenters. The van der Waals surface area contributed by atoms with Gasteiger partial charge in [-0.2, -0.15) is 0 Å². The Morgan fingerprint density at radius 1 is 1.00 bits per heavy atom. The Bertz CT molecular complexity index is 934. The van der Waals surface area contributed by atoms with E-state index >= 15 is 0 Å². The number of carbonyl (C=O) groups excluding carboxylic acids is 1. The lowest BCUT2D eigenvalue weighted by Crippen LogP contribution is -2.25. The molecule has 2 aromatic carbocycles. The maximum absolute atomic E-state index is 12.9. The van der Waals surface area contributed by atoms with Gasteiger partial charge in [0.15, 0.2) is 0 Å². The van der Waals surface area contributed by atoms with Gasteiger partial charge in [0.05, 0.1) is 10.6 Å². The highest BCUT2D eigenvalue weighted by atomic mass is 35.5. The zero-order valence-electron chi connectivity index (χ0n) is 14.9. The van der Waals surface area contributed by atoms with Crippen molar-refractivity contribution in [2.45, 2.75) is 19.8 Å². The Labute approximate surface area is 173 Å². The van der Waals surface area contributed by atoms with Crippen molar-refractivity contribution in [2.75, 3.05) is 12.3 Å². The lowest BCUT2D eigenvalue weighted by Gasteiger charge is -2.10. The van der Waals surface area contributed by atoms with E-state index < -0.39 is 0 Å². The summed E-state index contributed by atoms with van der Waals surface area (Å²) in [5, 5.41) is 4.78. The number of benzene rings is 2. The number of hydrogen-bond acceptors (Lipinski definition) is 3. The van der Waals surface area contributed by atoms with Crippen molar-refractivity contribution in [1.82, 2.24) is 5.32 Å². The minimum absolute atomic E-state index is 0.151. The Hall–Kier alpha value is -2.01. The maximum atomic E-state index is 12.9. The molecule has 3 aromatic rings. The van der Waals surface area contributed by atoms with Gasteiger partial charge >= 0.3 is 0 Å². The van der Waals surface area contributed by atoms with Crippen LogP contribution in [0.4, 0.5) is 5.00 Å². The average molecular weight is 419 g/mol. The summed E-state index contributed by atoms with van der Waals surface area (Å²) in [6, 6.07) is 15.0. The molecule has 0 saturated heterocycles. The molecular weight excluding hydrogens is 399 g/mol. The van der Waals surface area contributed by atoms with Crippen LogP contribution < -0.4 is 11.1 Å². The number of rotatable bonds is 6. The fourth-order valence-electron chi connectivity index (χ4n) is 2.84. The van der Waals surface area contributed by atoms with E-state index in [1.165, 1.54) is 11.3 Å². The highest BCUT2D eigenvalue weighted by Crippen LogP contribution is 2.45. The molecule has 0 saturated carbocycles. The molecule has 6 heteroatoms. The summed E-state index contributed by atoms with van der Waals surface area (Å²) in [6.07, 6.45) is 1.94. The fourth-order valence-corrected chi connectivity index (χ4v) is 4.18. The van der Waals surface area contributed by atoms with Crippen LogP contribution in [0.3, 0.4) is 0 Å². The van der Waals surface area contributed by atoms with Crippen molar-refractivity contribution in [1.29, 1.82) is 0 Å². The molecule has 1 aromatic heterocycles. The molecule has 3 rings (SSSR count). The maximum Gasteiger partial charge on any atom is 0.254 e. The lowest BCUT2D eigenvalue weighted by molar-refractivity contribution is 0.0955.